The van der Waals surface area contributed by atoms with Gasteiger partial charge in [-0.2, -0.15) is 0 Å². The molecule has 1 aliphatic rings. The van der Waals surface area contributed by atoms with Crippen molar-refractivity contribution in [2.45, 2.75) is 19.5 Å². The Morgan fingerprint density at radius 1 is 1.18 bits per heavy atom. The third-order valence-electron chi connectivity index (χ3n) is 5.38. The highest BCUT2D eigenvalue weighted by atomic mass is 16.6. The Bertz CT molecular complexity index is 1300. The molecule has 2 N–H and O–H groups in total. The van der Waals surface area contributed by atoms with Gasteiger partial charge in [-0.1, -0.05) is 18.2 Å². The molecule has 1 aliphatic heterocycles. The maximum Gasteiger partial charge on any atom is 0.296 e. The molecular formula is C24H20N2O8. The molecule has 10 heteroatoms. The van der Waals surface area contributed by atoms with Crippen molar-refractivity contribution in [3.63, 3.8) is 0 Å². The zero-order chi connectivity index (χ0) is 24.4. The molecule has 3 aromatic rings. The number of carbonyl (C=O) groups excluding carboxylic acids is 2. The number of nitrogens with zero attached hydrogens (tertiary/aromatic N) is 2. The van der Waals surface area contributed by atoms with Gasteiger partial charge in [0, 0.05) is 17.7 Å². The number of nitro benzene ring substituents is 1. The van der Waals surface area contributed by atoms with Gasteiger partial charge >= 0.3 is 0 Å². The highest BCUT2D eigenvalue weighted by Gasteiger charge is 2.46. The van der Waals surface area contributed by atoms with Crippen molar-refractivity contribution in [2.24, 2.45) is 0 Å². The van der Waals surface area contributed by atoms with Gasteiger partial charge in [-0.25, -0.2) is 0 Å². The SMILES string of the molecule is CCOc1cc([C@H]2/C(=C(\O)c3cccc([N+](=O)[O-])c3)C(=O)C(=O)N2Cc2ccco2)ccc1O. The summed E-state index contributed by atoms with van der Waals surface area (Å²) in [5.41, 5.74) is -0.128. The lowest BCUT2D eigenvalue weighted by Crippen LogP contribution is -2.29. The number of hydrogen-bond acceptors (Lipinski definition) is 8. The van der Waals surface area contributed by atoms with E-state index in [9.17, 15) is 29.9 Å². The molecule has 0 bridgehead atoms. The van der Waals surface area contributed by atoms with Crippen LogP contribution in [-0.4, -0.2) is 38.3 Å². The average Bonchev–Trinajstić information content (AvgIpc) is 3.43. The Balaban J connectivity index is 1.90. The number of Topliss-reactive ketones (excluding diaryl/α,β-unsaturated/α-hetero) is 1. The first kappa shape index (κ1) is 22.6. The van der Waals surface area contributed by atoms with Gasteiger partial charge in [-0.3, -0.25) is 19.7 Å². The fraction of sp³-hybridized carbons (Fsp3) is 0.167. The summed E-state index contributed by atoms with van der Waals surface area (Å²) < 4.78 is 10.8. The van der Waals surface area contributed by atoms with Gasteiger partial charge in [0.05, 0.1) is 36.0 Å². The first-order valence-electron chi connectivity index (χ1n) is 10.3. The van der Waals surface area contributed by atoms with E-state index in [4.69, 9.17) is 9.15 Å². The smallest absolute Gasteiger partial charge is 0.296 e. The monoisotopic (exact) mass is 464 g/mol. The van der Waals surface area contributed by atoms with E-state index in [1.54, 1.807) is 19.1 Å². The van der Waals surface area contributed by atoms with Gasteiger partial charge in [0.2, 0.25) is 0 Å². The molecule has 1 amide bonds. The van der Waals surface area contributed by atoms with Crippen molar-refractivity contribution in [1.82, 2.24) is 4.90 Å². The van der Waals surface area contributed by atoms with Crippen LogP contribution in [0.4, 0.5) is 5.69 Å². The molecule has 10 nitrogen and oxygen atoms in total. The summed E-state index contributed by atoms with van der Waals surface area (Å²) >= 11 is 0. The van der Waals surface area contributed by atoms with Crippen LogP contribution in [0.25, 0.3) is 5.76 Å². The second kappa shape index (κ2) is 9.10. The van der Waals surface area contributed by atoms with Crippen LogP contribution in [0.1, 0.15) is 29.9 Å². The number of phenols is 1. The Morgan fingerprint density at radius 2 is 1.97 bits per heavy atom. The zero-order valence-electron chi connectivity index (χ0n) is 18.0. The number of rotatable bonds is 7. The lowest BCUT2D eigenvalue weighted by atomic mass is 9.94. The van der Waals surface area contributed by atoms with Gasteiger partial charge in [0.1, 0.15) is 11.5 Å². The van der Waals surface area contributed by atoms with Crippen LogP contribution < -0.4 is 4.74 Å². The van der Waals surface area contributed by atoms with E-state index in [-0.39, 0.29) is 41.5 Å². The molecule has 1 saturated heterocycles. The summed E-state index contributed by atoms with van der Waals surface area (Å²) in [5.74, 6) is -1.97. The molecule has 0 saturated carbocycles. The van der Waals surface area contributed by atoms with E-state index in [1.807, 2.05) is 0 Å². The van der Waals surface area contributed by atoms with Gasteiger partial charge < -0.3 is 24.3 Å². The molecule has 1 aromatic heterocycles. The molecular weight excluding hydrogens is 444 g/mol. The summed E-state index contributed by atoms with van der Waals surface area (Å²) in [7, 11) is 0. The highest BCUT2D eigenvalue weighted by molar-refractivity contribution is 6.46. The van der Waals surface area contributed by atoms with Crippen LogP contribution in [0.15, 0.2) is 70.9 Å². The molecule has 0 aliphatic carbocycles. The Kier molecular flexibility index (Phi) is 6.05. The normalized spacial score (nSPS) is 17.2. The highest BCUT2D eigenvalue weighted by Crippen LogP contribution is 2.42. The topological polar surface area (TPSA) is 143 Å². The van der Waals surface area contributed by atoms with Crippen LogP contribution in [-0.2, 0) is 16.1 Å². The van der Waals surface area contributed by atoms with Gasteiger partial charge in [0.25, 0.3) is 17.4 Å². The number of ether oxygens (including phenoxy) is 1. The molecule has 1 fully saturated rings. The second-order valence-electron chi connectivity index (χ2n) is 7.47. The fourth-order valence-electron chi connectivity index (χ4n) is 3.85. The number of ketones is 1. The third-order valence-corrected chi connectivity index (χ3v) is 5.38. The van der Waals surface area contributed by atoms with E-state index in [0.29, 0.717) is 11.3 Å². The summed E-state index contributed by atoms with van der Waals surface area (Å²) in [6.07, 6.45) is 1.43. The standard InChI is InChI=1S/C24H20N2O8/c1-2-33-19-12-14(8-9-18(19)27)21-20(22(28)15-5-3-6-16(11-15)26(31)32)23(29)24(30)25(21)13-17-7-4-10-34-17/h3-12,21,27-28H,2,13H2,1H3/b22-20+/t21-/m0/s1. The average molecular weight is 464 g/mol. The van der Waals surface area contributed by atoms with Gasteiger partial charge in [0.15, 0.2) is 11.5 Å². The molecule has 2 aromatic carbocycles. The van der Waals surface area contributed by atoms with Crippen LogP contribution in [0, 0.1) is 10.1 Å². The van der Waals surface area contributed by atoms with Crippen molar-refractivity contribution in [3.05, 3.63) is 93.4 Å². The number of furan rings is 1. The Morgan fingerprint density at radius 3 is 2.65 bits per heavy atom. The number of likely N-dealkylation sites (tertiary alicyclic amines) is 1. The van der Waals surface area contributed by atoms with E-state index >= 15 is 0 Å². The number of aliphatic hydroxyl groups excluding tert-OH is 1. The molecule has 0 radical (unpaired) electrons. The number of amides is 1. The summed E-state index contributed by atoms with van der Waals surface area (Å²) in [6, 6.07) is 11.7. The first-order valence-corrected chi connectivity index (χ1v) is 10.3. The molecule has 174 valence electrons. The summed E-state index contributed by atoms with van der Waals surface area (Å²) in [6.45, 7) is 1.92. The van der Waals surface area contributed by atoms with E-state index in [1.165, 1.54) is 47.6 Å². The van der Waals surface area contributed by atoms with Gasteiger partial charge in [-0.15, -0.1) is 0 Å². The number of benzene rings is 2. The van der Waals surface area contributed by atoms with Crippen molar-refractivity contribution in [2.75, 3.05) is 6.61 Å². The number of hydrogen-bond donors (Lipinski definition) is 2. The lowest BCUT2D eigenvalue weighted by molar-refractivity contribution is -0.384. The van der Waals surface area contributed by atoms with Gasteiger partial charge in [-0.05, 0) is 36.8 Å². The number of aromatic hydroxyl groups is 1. The molecule has 0 unspecified atom stereocenters. The van der Waals surface area contributed by atoms with Crippen molar-refractivity contribution < 1.29 is 33.9 Å². The predicted molar refractivity (Wildman–Crippen MR) is 119 cm³/mol. The molecule has 1 atom stereocenters. The quantitative estimate of drug-likeness (QED) is 0.176. The van der Waals surface area contributed by atoms with E-state index in [2.05, 4.69) is 0 Å². The van der Waals surface area contributed by atoms with Crippen molar-refractivity contribution >= 4 is 23.1 Å². The first-order chi connectivity index (χ1) is 16.3. The molecule has 4 rings (SSSR count). The largest absolute Gasteiger partial charge is 0.507 e. The van der Waals surface area contributed by atoms with Crippen LogP contribution in [0.5, 0.6) is 11.5 Å². The number of aliphatic hydroxyl groups is 1. The number of non-ortho nitro benzene ring substituents is 1. The lowest BCUT2D eigenvalue weighted by Gasteiger charge is -2.25. The minimum Gasteiger partial charge on any atom is -0.507 e. The van der Waals surface area contributed by atoms with E-state index in [0.717, 1.165) is 6.07 Å². The van der Waals surface area contributed by atoms with Crippen LogP contribution in [0.3, 0.4) is 0 Å². The summed E-state index contributed by atoms with van der Waals surface area (Å²) in [4.78, 5) is 37.9. The molecule has 34 heavy (non-hydrogen) atoms. The van der Waals surface area contributed by atoms with Crippen molar-refractivity contribution in [3.8, 4) is 11.5 Å². The zero-order valence-corrected chi connectivity index (χ0v) is 18.0. The minimum atomic E-state index is -1.07. The minimum absolute atomic E-state index is 0.0130. The van der Waals surface area contributed by atoms with Crippen LogP contribution in [0.2, 0.25) is 0 Å². The molecule has 2 heterocycles. The number of nitro groups is 1. The Hall–Kier alpha value is -4.60. The third kappa shape index (κ3) is 4.08. The fourth-order valence-corrected chi connectivity index (χ4v) is 3.85. The molecule has 0 spiro atoms. The maximum absolute atomic E-state index is 13.1. The number of carbonyl (C=O) groups is 2. The van der Waals surface area contributed by atoms with Crippen LogP contribution >= 0.6 is 0 Å². The number of phenolic OH excluding ortho intramolecular Hbond substituents is 1. The van der Waals surface area contributed by atoms with E-state index < -0.39 is 28.4 Å². The van der Waals surface area contributed by atoms with Crippen molar-refractivity contribution in [1.29, 1.82) is 0 Å². The summed E-state index contributed by atoms with van der Waals surface area (Å²) in [5, 5.41) is 32.4. The Labute approximate surface area is 193 Å². The maximum atomic E-state index is 13.1. The second-order valence-corrected chi connectivity index (χ2v) is 7.47. The predicted octanol–water partition coefficient (Wildman–Crippen LogP) is 3.91.